The molecule has 0 aliphatic carbocycles. The van der Waals surface area contributed by atoms with Crippen LogP contribution in [0.15, 0.2) is 12.2 Å². The fourth-order valence-electron chi connectivity index (χ4n) is 0.359. The SMILES string of the molecule is [B]C([B])(C)C=CC. The first-order valence-electron chi connectivity index (χ1n) is 2.28. The lowest BCUT2D eigenvalue weighted by Crippen LogP contribution is -2.01. The first kappa shape index (κ1) is 6.87. The van der Waals surface area contributed by atoms with Crippen molar-refractivity contribution in [3.8, 4) is 0 Å². The second kappa shape index (κ2) is 2.25. The Balaban J connectivity index is 3.56. The number of hydrogen-bond donors (Lipinski definition) is 0. The van der Waals surface area contributed by atoms with Gasteiger partial charge in [-0.05, 0) is 6.92 Å². The lowest BCUT2D eigenvalue weighted by atomic mass is 9.56. The minimum atomic E-state index is -0.630. The molecule has 4 radical (unpaired) electrons. The van der Waals surface area contributed by atoms with Crippen molar-refractivity contribution in [2.45, 2.75) is 19.1 Å². The summed E-state index contributed by atoms with van der Waals surface area (Å²) >= 11 is 0. The maximum Gasteiger partial charge on any atom is 0.0670 e. The molecule has 7 heavy (non-hydrogen) atoms. The molecule has 0 heterocycles. The molecule has 0 saturated heterocycles. The van der Waals surface area contributed by atoms with Gasteiger partial charge < -0.3 is 0 Å². The van der Waals surface area contributed by atoms with Gasteiger partial charge in [0.15, 0.2) is 0 Å². The maximum absolute atomic E-state index is 5.34. The minimum Gasteiger partial charge on any atom is -0.0999 e. The fraction of sp³-hybridized carbons (Fsp3) is 0.600. The Labute approximate surface area is 47.8 Å². The second-order valence-corrected chi connectivity index (χ2v) is 1.87. The molecular weight excluding hydrogens is 81.7 g/mol. The van der Waals surface area contributed by atoms with Gasteiger partial charge in [-0.3, -0.25) is 0 Å². The standard InChI is InChI=1S/C5H8B2/c1-3-4-5(2,6)7/h3-4H,1-2H3. The second-order valence-electron chi connectivity index (χ2n) is 1.87. The van der Waals surface area contributed by atoms with Gasteiger partial charge >= 0.3 is 0 Å². The highest BCUT2D eigenvalue weighted by atomic mass is 13.9. The molecule has 0 aromatic carbocycles. The molecule has 0 N–H and O–H groups in total. The quantitative estimate of drug-likeness (QED) is 0.333. The Morgan fingerprint density at radius 3 is 1.86 bits per heavy atom. The smallest absolute Gasteiger partial charge is 0.0670 e. The van der Waals surface area contributed by atoms with E-state index in [-0.39, 0.29) is 0 Å². The Bertz CT molecular complexity index is 68.6. The largest absolute Gasteiger partial charge is 0.0999 e. The molecule has 2 heteroatoms. The number of rotatable bonds is 1. The van der Waals surface area contributed by atoms with E-state index in [2.05, 4.69) is 0 Å². The van der Waals surface area contributed by atoms with Gasteiger partial charge in [0, 0.05) is 0 Å². The van der Waals surface area contributed by atoms with Crippen LogP contribution in [0.25, 0.3) is 0 Å². The molecule has 0 saturated carbocycles. The predicted octanol–water partition coefficient (Wildman–Crippen LogP) is 1.04. The Hall–Kier alpha value is -0.130. The summed E-state index contributed by atoms with van der Waals surface area (Å²) in [6.45, 7) is 3.63. The fourth-order valence-corrected chi connectivity index (χ4v) is 0.359. The van der Waals surface area contributed by atoms with Gasteiger partial charge in [0.1, 0.15) is 0 Å². The van der Waals surface area contributed by atoms with Crippen molar-refractivity contribution in [3.63, 3.8) is 0 Å². The van der Waals surface area contributed by atoms with Crippen LogP contribution >= 0.6 is 0 Å². The van der Waals surface area contributed by atoms with Gasteiger partial charge in [-0.15, -0.1) is 0 Å². The van der Waals surface area contributed by atoms with E-state index in [4.69, 9.17) is 15.7 Å². The molecule has 0 rings (SSSR count). The highest BCUT2D eigenvalue weighted by Crippen LogP contribution is 2.13. The van der Waals surface area contributed by atoms with Crippen molar-refractivity contribution in [2.75, 3.05) is 0 Å². The monoisotopic (exact) mass is 90.1 g/mol. The first-order valence-corrected chi connectivity index (χ1v) is 2.28. The number of allylic oxidation sites excluding steroid dienone is 2. The van der Waals surface area contributed by atoms with Gasteiger partial charge in [-0.2, -0.15) is 0 Å². The van der Waals surface area contributed by atoms with Crippen molar-refractivity contribution < 1.29 is 0 Å². The third-order valence-corrected chi connectivity index (χ3v) is 0.526. The summed E-state index contributed by atoms with van der Waals surface area (Å²) in [7, 11) is 10.7. The van der Waals surface area contributed by atoms with E-state index >= 15 is 0 Å². The zero-order valence-electron chi connectivity index (χ0n) is 4.81. The molecule has 0 amide bonds. The van der Waals surface area contributed by atoms with Gasteiger partial charge in [-0.25, -0.2) is 0 Å². The van der Waals surface area contributed by atoms with E-state index in [1.807, 2.05) is 13.0 Å². The van der Waals surface area contributed by atoms with Crippen molar-refractivity contribution in [1.82, 2.24) is 0 Å². The summed E-state index contributed by atoms with van der Waals surface area (Å²) in [5.74, 6) is 0. The summed E-state index contributed by atoms with van der Waals surface area (Å²) in [5, 5.41) is -0.630. The molecule has 0 atom stereocenters. The third kappa shape index (κ3) is 5.87. The van der Waals surface area contributed by atoms with Crippen LogP contribution in [0, 0.1) is 0 Å². The summed E-state index contributed by atoms with van der Waals surface area (Å²) in [4.78, 5) is 0. The van der Waals surface area contributed by atoms with Crippen LogP contribution in [0.3, 0.4) is 0 Å². The highest BCUT2D eigenvalue weighted by Gasteiger charge is 2.00. The average Bonchev–Trinajstić information content (AvgIpc) is 1.30. The average molecular weight is 89.7 g/mol. The molecule has 0 bridgehead atoms. The molecule has 0 unspecified atom stereocenters. The molecule has 0 fully saturated rings. The Morgan fingerprint density at radius 1 is 1.43 bits per heavy atom. The van der Waals surface area contributed by atoms with Crippen LogP contribution in [-0.4, -0.2) is 15.7 Å². The van der Waals surface area contributed by atoms with Crippen molar-refractivity contribution in [1.29, 1.82) is 0 Å². The normalized spacial score (nSPS) is 12.9. The summed E-state index contributed by atoms with van der Waals surface area (Å²) in [6.07, 6.45) is 3.58. The topological polar surface area (TPSA) is 0 Å². The van der Waals surface area contributed by atoms with E-state index in [0.717, 1.165) is 0 Å². The van der Waals surface area contributed by atoms with E-state index in [0.29, 0.717) is 0 Å². The van der Waals surface area contributed by atoms with E-state index in [1.54, 1.807) is 13.0 Å². The molecule has 0 aliphatic heterocycles. The lowest BCUT2D eigenvalue weighted by Gasteiger charge is -2.10. The molecule has 0 spiro atoms. The highest BCUT2D eigenvalue weighted by molar-refractivity contribution is 6.40. The van der Waals surface area contributed by atoms with Crippen LogP contribution in [0.5, 0.6) is 0 Å². The predicted molar refractivity (Wildman–Crippen MR) is 34.7 cm³/mol. The van der Waals surface area contributed by atoms with Crippen LogP contribution in [0.2, 0.25) is 5.21 Å². The van der Waals surface area contributed by atoms with Gasteiger partial charge in [0.05, 0.1) is 15.7 Å². The zero-order valence-corrected chi connectivity index (χ0v) is 4.81. The van der Waals surface area contributed by atoms with Gasteiger partial charge in [0.25, 0.3) is 0 Å². The molecule has 0 aliphatic rings. The van der Waals surface area contributed by atoms with Crippen LogP contribution < -0.4 is 0 Å². The van der Waals surface area contributed by atoms with Crippen molar-refractivity contribution in [2.24, 2.45) is 0 Å². The Kier molecular flexibility index (Phi) is 2.21. The van der Waals surface area contributed by atoms with E-state index in [9.17, 15) is 0 Å². The van der Waals surface area contributed by atoms with Crippen LogP contribution in [0.1, 0.15) is 13.8 Å². The summed E-state index contributed by atoms with van der Waals surface area (Å²) in [5.41, 5.74) is 0. The molecule has 0 aromatic heterocycles. The number of hydrogen-bond acceptors (Lipinski definition) is 0. The first-order chi connectivity index (χ1) is 3.06. The van der Waals surface area contributed by atoms with Crippen molar-refractivity contribution in [3.05, 3.63) is 12.2 Å². The zero-order chi connectivity index (χ0) is 5.91. The lowest BCUT2D eigenvalue weighted by molar-refractivity contribution is 1.09. The van der Waals surface area contributed by atoms with E-state index in [1.165, 1.54) is 0 Å². The van der Waals surface area contributed by atoms with Crippen LogP contribution in [0.4, 0.5) is 0 Å². The van der Waals surface area contributed by atoms with Crippen molar-refractivity contribution >= 4 is 15.7 Å². The molecule has 0 aromatic rings. The molecule has 0 nitrogen and oxygen atoms in total. The Morgan fingerprint density at radius 2 is 1.86 bits per heavy atom. The van der Waals surface area contributed by atoms with Gasteiger partial charge in [0.2, 0.25) is 0 Å². The van der Waals surface area contributed by atoms with Gasteiger partial charge in [-0.1, -0.05) is 24.3 Å². The molecule has 34 valence electrons. The molecular formula is C5H8B2. The van der Waals surface area contributed by atoms with Crippen LogP contribution in [-0.2, 0) is 0 Å². The summed E-state index contributed by atoms with van der Waals surface area (Å²) < 4.78 is 0. The maximum atomic E-state index is 5.34. The van der Waals surface area contributed by atoms with E-state index < -0.39 is 5.21 Å². The third-order valence-electron chi connectivity index (χ3n) is 0.526. The minimum absolute atomic E-state index is 0.630. The summed E-state index contributed by atoms with van der Waals surface area (Å²) in [6, 6.07) is 0.